The van der Waals surface area contributed by atoms with Crippen molar-refractivity contribution in [1.29, 1.82) is 5.26 Å². The number of benzene rings is 1. The van der Waals surface area contributed by atoms with Crippen LogP contribution in [0.3, 0.4) is 0 Å². The van der Waals surface area contributed by atoms with Crippen LogP contribution in [0.4, 0.5) is 5.69 Å². The Balaban J connectivity index is 1.76. The number of thioether (sulfide) groups is 1. The van der Waals surface area contributed by atoms with Crippen molar-refractivity contribution in [3.05, 3.63) is 52.7 Å². The Labute approximate surface area is 171 Å². The Morgan fingerprint density at radius 3 is 2.79 bits per heavy atom. The second kappa shape index (κ2) is 8.95. The van der Waals surface area contributed by atoms with Gasteiger partial charge in [-0.2, -0.15) is 5.26 Å². The standard InChI is InChI=1S/C19H17ClN4O3S/c1-2-27-16-8-7-14(20)17(23-16)19(26)24-11-28-10-15(24)18(25)22-13-5-3-12(9-21)4-6-13/h3-8,15H,2,10-11H2,1H3,(H,22,25). The van der Waals surface area contributed by atoms with Gasteiger partial charge in [0.25, 0.3) is 5.91 Å². The summed E-state index contributed by atoms with van der Waals surface area (Å²) in [7, 11) is 0. The number of halogens is 1. The average Bonchev–Trinajstić information content (AvgIpc) is 3.20. The molecule has 0 bridgehead atoms. The van der Waals surface area contributed by atoms with Gasteiger partial charge in [0.1, 0.15) is 6.04 Å². The minimum atomic E-state index is -0.651. The molecule has 1 fully saturated rings. The molecule has 1 saturated heterocycles. The highest BCUT2D eigenvalue weighted by molar-refractivity contribution is 7.99. The van der Waals surface area contributed by atoms with Gasteiger partial charge in [0.2, 0.25) is 11.8 Å². The lowest BCUT2D eigenvalue weighted by molar-refractivity contribution is -0.119. The largest absolute Gasteiger partial charge is 0.478 e. The summed E-state index contributed by atoms with van der Waals surface area (Å²) < 4.78 is 5.34. The number of hydrogen-bond donors (Lipinski definition) is 1. The van der Waals surface area contributed by atoms with Crippen LogP contribution in [0.1, 0.15) is 23.0 Å². The Morgan fingerprint density at radius 1 is 1.36 bits per heavy atom. The molecule has 7 nitrogen and oxygen atoms in total. The molecule has 144 valence electrons. The molecule has 1 aromatic carbocycles. The number of hydrogen-bond acceptors (Lipinski definition) is 6. The molecule has 9 heteroatoms. The maximum atomic E-state index is 13.0. The molecule has 1 aliphatic heterocycles. The van der Waals surface area contributed by atoms with Crippen LogP contribution in [-0.2, 0) is 4.79 Å². The van der Waals surface area contributed by atoms with Crippen molar-refractivity contribution in [2.75, 3.05) is 23.6 Å². The molecule has 3 rings (SSSR count). The first-order valence-corrected chi connectivity index (χ1v) is 10.1. The van der Waals surface area contributed by atoms with Crippen LogP contribution in [0, 0.1) is 11.3 Å². The molecule has 28 heavy (non-hydrogen) atoms. The zero-order chi connectivity index (χ0) is 20.1. The SMILES string of the molecule is CCOc1ccc(Cl)c(C(=O)N2CSCC2C(=O)Nc2ccc(C#N)cc2)n1. The first-order valence-electron chi connectivity index (χ1n) is 8.52. The lowest BCUT2D eigenvalue weighted by Crippen LogP contribution is -2.44. The number of carbonyl (C=O) groups excluding carboxylic acids is 2. The first-order chi connectivity index (χ1) is 13.5. The third-order valence-corrected chi connectivity index (χ3v) is 5.36. The quantitative estimate of drug-likeness (QED) is 0.804. The molecule has 0 aliphatic carbocycles. The minimum absolute atomic E-state index is 0.0614. The third kappa shape index (κ3) is 4.38. The van der Waals surface area contributed by atoms with Crippen molar-refractivity contribution in [1.82, 2.24) is 9.88 Å². The highest BCUT2D eigenvalue weighted by atomic mass is 35.5. The number of nitriles is 1. The van der Waals surface area contributed by atoms with Crippen LogP contribution < -0.4 is 10.1 Å². The van der Waals surface area contributed by atoms with E-state index in [4.69, 9.17) is 21.6 Å². The van der Waals surface area contributed by atoms with Gasteiger partial charge in [-0.15, -0.1) is 11.8 Å². The van der Waals surface area contributed by atoms with E-state index in [0.29, 0.717) is 35.4 Å². The number of rotatable bonds is 5. The Hall–Kier alpha value is -2.76. The molecule has 2 heterocycles. The second-order valence-electron chi connectivity index (χ2n) is 5.88. The summed E-state index contributed by atoms with van der Waals surface area (Å²) in [4.78, 5) is 31.3. The van der Waals surface area contributed by atoms with Crippen molar-refractivity contribution < 1.29 is 14.3 Å². The molecule has 1 unspecified atom stereocenters. The van der Waals surface area contributed by atoms with E-state index in [-0.39, 0.29) is 16.6 Å². The summed E-state index contributed by atoms with van der Waals surface area (Å²) >= 11 is 7.63. The van der Waals surface area contributed by atoms with Crippen LogP contribution in [0.5, 0.6) is 5.88 Å². The van der Waals surface area contributed by atoms with Gasteiger partial charge in [-0.3, -0.25) is 9.59 Å². The van der Waals surface area contributed by atoms with E-state index in [9.17, 15) is 9.59 Å². The highest BCUT2D eigenvalue weighted by Crippen LogP contribution is 2.27. The molecule has 2 amide bonds. The second-order valence-corrected chi connectivity index (χ2v) is 7.29. The zero-order valence-electron chi connectivity index (χ0n) is 15.0. The molecule has 0 saturated carbocycles. The molecule has 2 aromatic rings. The predicted octanol–water partition coefficient (Wildman–Crippen LogP) is 3.16. The number of anilines is 1. The molecule has 0 radical (unpaired) electrons. The van der Waals surface area contributed by atoms with Gasteiger partial charge in [0.15, 0.2) is 5.69 Å². The number of pyridine rings is 1. The van der Waals surface area contributed by atoms with Gasteiger partial charge in [-0.25, -0.2) is 4.98 Å². The maximum Gasteiger partial charge on any atom is 0.275 e. The smallest absolute Gasteiger partial charge is 0.275 e. The van der Waals surface area contributed by atoms with Gasteiger partial charge < -0.3 is 15.0 Å². The topological polar surface area (TPSA) is 95.3 Å². The molecular formula is C19H17ClN4O3S. The minimum Gasteiger partial charge on any atom is -0.478 e. The molecule has 1 aliphatic rings. The summed E-state index contributed by atoms with van der Waals surface area (Å²) in [5, 5.41) is 11.8. The Bertz CT molecular complexity index is 930. The van der Waals surface area contributed by atoms with E-state index in [1.54, 1.807) is 36.4 Å². The van der Waals surface area contributed by atoms with Crippen molar-refractivity contribution in [2.45, 2.75) is 13.0 Å². The number of nitrogens with one attached hydrogen (secondary N) is 1. The fraction of sp³-hybridized carbons (Fsp3) is 0.263. The van der Waals surface area contributed by atoms with Crippen LogP contribution >= 0.6 is 23.4 Å². The molecule has 1 N–H and O–H groups in total. The summed E-state index contributed by atoms with van der Waals surface area (Å²) in [5.74, 6) is 0.412. The van der Waals surface area contributed by atoms with E-state index >= 15 is 0 Å². The summed E-state index contributed by atoms with van der Waals surface area (Å²) in [6.45, 7) is 2.23. The number of carbonyl (C=O) groups is 2. The average molecular weight is 417 g/mol. The van der Waals surface area contributed by atoms with E-state index in [1.165, 1.54) is 16.7 Å². The van der Waals surface area contributed by atoms with Crippen molar-refractivity contribution in [3.63, 3.8) is 0 Å². The maximum absolute atomic E-state index is 13.0. The van der Waals surface area contributed by atoms with Gasteiger partial charge in [-0.1, -0.05) is 11.6 Å². The van der Waals surface area contributed by atoms with E-state index < -0.39 is 11.9 Å². The fourth-order valence-electron chi connectivity index (χ4n) is 2.65. The third-order valence-electron chi connectivity index (χ3n) is 4.04. The van der Waals surface area contributed by atoms with E-state index in [1.807, 2.05) is 13.0 Å². The monoisotopic (exact) mass is 416 g/mol. The van der Waals surface area contributed by atoms with Crippen LogP contribution in [0.2, 0.25) is 5.02 Å². The lowest BCUT2D eigenvalue weighted by atomic mass is 10.2. The van der Waals surface area contributed by atoms with Crippen molar-refractivity contribution >= 4 is 40.9 Å². The number of amides is 2. The summed E-state index contributed by atoms with van der Waals surface area (Å²) in [5.41, 5.74) is 1.12. The van der Waals surface area contributed by atoms with Gasteiger partial charge in [0, 0.05) is 17.5 Å². The molecule has 1 atom stereocenters. The number of ether oxygens (including phenoxy) is 1. The molecule has 1 aromatic heterocycles. The fourth-order valence-corrected chi connectivity index (χ4v) is 3.99. The molecular weight excluding hydrogens is 400 g/mol. The first kappa shape index (κ1) is 20.0. The van der Waals surface area contributed by atoms with Gasteiger partial charge >= 0.3 is 0 Å². The Kier molecular flexibility index (Phi) is 6.39. The van der Waals surface area contributed by atoms with E-state index in [2.05, 4.69) is 10.3 Å². The van der Waals surface area contributed by atoms with Gasteiger partial charge in [-0.05, 0) is 37.3 Å². The number of nitrogens with zero attached hydrogens (tertiary/aromatic N) is 3. The van der Waals surface area contributed by atoms with Crippen molar-refractivity contribution in [3.8, 4) is 11.9 Å². The number of aromatic nitrogens is 1. The van der Waals surface area contributed by atoms with Crippen LogP contribution in [-0.4, -0.2) is 46.0 Å². The lowest BCUT2D eigenvalue weighted by Gasteiger charge is -2.23. The normalized spacial score (nSPS) is 15.8. The van der Waals surface area contributed by atoms with Crippen molar-refractivity contribution in [2.24, 2.45) is 0 Å². The van der Waals surface area contributed by atoms with Crippen LogP contribution in [0.15, 0.2) is 36.4 Å². The summed E-state index contributed by atoms with van der Waals surface area (Å²) in [6.07, 6.45) is 0. The van der Waals surface area contributed by atoms with E-state index in [0.717, 1.165) is 0 Å². The molecule has 0 spiro atoms. The summed E-state index contributed by atoms with van der Waals surface area (Å²) in [6, 6.07) is 11.0. The Morgan fingerprint density at radius 2 is 2.11 bits per heavy atom. The highest BCUT2D eigenvalue weighted by Gasteiger charge is 2.36. The predicted molar refractivity (Wildman–Crippen MR) is 107 cm³/mol. The van der Waals surface area contributed by atoms with Gasteiger partial charge in [0.05, 0.1) is 29.1 Å². The zero-order valence-corrected chi connectivity index (χ0v) is 16.6. The van der Waals surface area contributed by atoms with Crippen LogP contribution in [0.25, 0.3) is 0 Å².